The van der Waals surface area contributed by atoms with Gasteiger partial charge in [-0.15, -0.1) is 0 Å². The minimum atomic E-state index is -4.77. The zero-order chi connectivity index (χ0) is 24.8. The number of rotatable bonds is 9. The molecule has 33 heavy (non-hydrogen) atoms. The van der Waals surface area contributed by atoms with Crippen molar-refractivity contribution in [3.63, 3.8) is 0 Å². The molecule has 0 saturated carbocycles. The molecule has 1 atom stereocenters. The van der Waals surface area contributed by atoms with Gasteiger partial charge in [0.1, 0.15) is 11.9 Å². The average Bonchev–Trinajstić information content (AvgIpc) is 2.76. The molecule has 8 nitrogen and oxygen atoms in total. The van der Waals surface area contributed by atoms with Crippen molar-refractivity contribution < 1.29 is 40.7 Å². The van der Waals surface area contributed by atoms with E-state index in [1.807, 2.05) is 0 Å². The van der Waals surface area contributed by atoms with Gasteiger partial charge >= 0.3 is 11.7 Å². The summed E-state index contributed by atoms with van der Waals surface area (Å²) < 4.78 is 66.6. The van der Waals surface area contributed by atoms with Gasteiger partial charge in [0.25, 0.3) is 11.8 Å². The molecule has 2 N–H and O–H groups in total. The van der Waals surface area contributed by atoms with Gasteiger partial charge in [-0.2, -0.15) is 8.78 Å². The lowest BCUT2D eigenvalue weighted by molar-refractivity contribution is -0.150. The number of ether oxygens (including phenoxy) is 1. The van der Waals surface area contributed by atoms with Crippen LogP contribution in [0.5, 0.6) is 0 Å². The van der Waals surface area contributed by atoms with Crippen LogP contribution in [0, 0.1) is 11.7 Å². The number of benzene rings is 2. The summed E-state index contributed by atoms with van der Waals surface area (Å²) in [5, 5.41) is 4.68. The minimum Gasteiger partial charge on any atom is -0.454 e. The first kappa shape index (κ1) is 25.8. The van der Waals surface area contributed by atoms with Gasteiger partial charge in [0, 0.05) is 5.69 Å². The van der Waals surface area contributed by atoms with E-state index in [0.29, 0.717) is 0 Å². The molecule has 0 aliphatic carbocycles. The van der Waals surface area contributed by atoms with Crippen molar-refractivity contribution >= 4 is 33.3 Å². The van der Waals surface area contributed by atoms with Gasteiger partial charge in [0.2, 0.25) is 9.84 Å². The lowest BCUT2D eigenvalue weighted by atomic mass is 10.0. The van der Waals surface area contributed by atoms with Crippen molar-refractivity contribution in [2.24, 2.45) is 5.92 Å². The second kappa shape index (κ2) is 10.9. The Labute approximate surface area is 188 Å². The predicted molar refractivity (Wildman–Crippen MR) is 112 cm³/mol. The van der Waals surface area contributed by atoms with Crippen LogP contribution in [0.1, 0.15) is 24.2 Å². The van der Waals surface area contributed by atoms with Crippen molar-refractivity contribution in [1.29, 1.82) is 0 Å². The molecule has 0 aliphatic heterocycles. The maximum atomic E-state index is 13.8. The molecule has 0 heterocycles. The first-order valence-electron chi connectivity index (χ1n) is 9.57. The van der Waals surface area contributed by atoms with Gasteiger partial charge in [-0.1, -0.05) is 26.0 Å². The molecule has 0 spiro atoms. The van der Waals surface area contributed by atoms with Crippen molar-refractivity contribution in [3.05, 3.63) is 59.9 Å². The van der Waals surface area contributed by atoms with Crippen LogP contribution in [0.25, 0.3) is 0 Å². The van der Waals surface area contributed by atoms with E-state index in [0.717, 1.165) is 30.3 Å². The van der Waals surface area contributed by atoms with Crippen molar-refractivity contribution in [2.75, 3.05) is 11.9 Å². The third-order valence-electron chi connectivity index (χ3n) is 4.37. The van der Waals surface area contributed by atoms with E-state index in [-0.39, 0.29) is 11.3 Å². The fourth-order valence-electron chi connectivity index (χ4n) is 2.62. The Kier molecular flexibility index (Phi) is 8.57. The van der Waals surface area contributed by atoms with Crippen LogP contribution in [0.15, 0.2) is 53.4 Å². The van der Waals surface area contributed by atoms with Gasteiger partial charge in [0.15, 0.2) is 6.61 Å². The van der Waals surface area contributed by atoms with E-state index in [9.17, 15) is 36.0 Å². The molecular weight excluding hydrogens is 465 g/mol. The minimum absolute atomic E-state index is 0.0810. The first-order chi connectivity index (χ1) is 15.4. The van der Waals surface area contributed by atoms with E-state index >= 15 is 0 Å². The normalized spacial score (nSPS) is 12.3. The molecular formula is C21H21F3N2O6S. The van der Waals surface area contributed by atoms with Gasteiger partial charge in [-0.25, -0.2) is 17.6 Å². The number of hydrogen-bond acceptors (Lipinski definition) is 6. The molecule has 178 valence electrons. The predicted octanol–water partition coefficient (Wildman–Crippen LogP) is 2.76. The number of carbonyl (C=O) groups excluding carboxylic acids is 3. The number of esters is 1. The van der Waals surface area contributed by atoms with Crippen LogP contribution >= 0.6 is 0 Å². The Morgan fingerprint density at radius 3 is 2.15 bits per heavy atom. The first-order valence-corrected chi connectivity index (χ1v) is 11.1. The van der Waals surface area contributed by atoms with Crippen molar-refractivity contribution in [2.45, 2.75) is 30.5 Å². The number of nitrogens with one attached hydrogen (secondary N) is 2. The van der Waals surface area contributed by atoms with Crippen LogP contribution in [-0.2, 0) is 24.2 Å². The average molecular weight is 486 g/mol. The fraction of sp³-hybridized carbons (Fsp3) is 0.286. The number of alkyl halides is 2. The van der Waals surface area contributed by atoms with Crippen LogP contribution < -0.4 is 10.6 Å². The van der Waals surface area contributed by atoms with E-state index in [1.54, 1.807) is 13.8 Å². The molecule has 0 aliphatic rings. The quantitative estimate of drug-likeness (QED) is 0.526. The number of amides is 2. The summed E-state index contributed by atoms with van der Waals surface area (Å²) in [6.45, 7) is 2.49. The number of anilines is 1. The highest BCUT2D eigenvalue weighted by Crippen LogP contribution is 2.20. The Balaban J connectivity index is 1.95. The number of sulfone groups is 1. The van der Waals surface area contributed by atoms with E-state index < -0.39 is 62.7 Å². The summed E-state index contributed by atoms with van der Waals surface area (Å²) in [4.78, 5) is 36.0. The summed E-state index contributed by atoms with van der Waals surface area (Å²) in [5.41, 5.74) is -0.177. The Bertz CT molecular complexity index is 1120. The Morgan fingerprint density at radius 2 is 1.61 bits per heavy atom. The molecule has 2 aromatic rings. The smallest absolute Gasteiger partial charge is 0.341 e. The van der Waals surface area contributed by atoms with Gasteiger partial charge in [-0.3, -0.25) is 9.59 Å². The Hall–Kier alpha value is -3.41. The zero-order valence-electron chi connectivity index (χ0n) is 17.5. The molecule has 0 fully saturated rings. The van der Waals surface area contributed by atoms with Crippen LogP contribution in [0.2, 0.25) is 0 Å². The highest BCUT2D eigenvalue weighted by molar-refractivity contribution is 7.91. The molecule has 0 unspecified atom stereocenters. The summed E-state index contributed by atoms with van der Waals surface area (Å²) in [6.07, 6.45) is 0. The molecule has 2 amide bonds. The van der Waals surface area contributed by atoms with E-state index in [2.05, 4.69) is 10.6 Å². The molecule has 0 radical (unpaired) electrons. The zero-order valence-corrected chi connectivity index (χ0v) is 18.4. The number of halogens is 3. The van der Waals surface area contributed by atoms with Crippen LogP contribution in [0.4, 0.5) is 18.9 Å². The third-order valence-corrected chi connectivity index (χ3v) is 5.77. The summed E-state index contributed by atoms with van der Waals surface area (Å²) in [5.74, 6) is -7.34. The highest BCUT2D eigenvalue weighted by Gasteiger charge is 2.28. The molecule has 12 heteroatoms. The largest absolute Gasteiger partial charge is 0.454 e. The monoisotopic (exact) mass is 486 g/mol. The lowest BCUT2D eigenvalue weighted by Crippen LogP contribution is -2.46. The molecule has 2 aromatic carbocycles. The van der Waals surface area contributed by atoms with Gasteiger partial charge < -0.3 is 15.4 Å². The van der Waals surface area contributed by atoms with Gasteiger partial charge in [-0.05, 0) is 42.3 Å². The molecule has 0 saturated heterocycles. The van der Waals surface area contributed by atoms with E-state index in [4.69, 9.17) is 4.74 Å². The highest BCUT2D eigenvalue weighted by atomic mass is 32.2. The van der Waals surface area contributed by atoms with Crippen molar-refractivity contribution in [3.8, 4) is 0 Å². The van der Waals surface area contributed by atoms with Crippen LogP contribution in [0.3, 0.4) is 0 Å². The third kappa shape index (κ3) is 6.78. The topological polar surface area (TPSA) is 119 Å². The van der Waals surface area contributed by atoms with Gasteiger partial charge in [0.05, 0.1) is 10.5 Å². The molecule has 0 bridgehead atoms. The lowest BCUT2D eigenvalue weighted by Gasteiger charge is -2.21. The standard InChI is InChI=1S/C21H21F3N2O6S/c1-12(2)18(26-19(28)15-5-3-4-6-16(15)22)20(29)32-11-17(27)25-13-7-9-14(10-8-13)33(30,31)21(23)24/h3-10,12,18,21H,11H2,1-2H3,(H,25,27)(H,26,28)/t18-/m0/s1. The maximum absolute atomic E-state index is 13.8. The second-order valence-corrected chi connectivity index (χ2v) is 9.08. The second-order valence-electron chi connectivity index (χ2n) is 7.16. The number of carbonyl (C=O) groups is 3. The Morgan fingerprint density at radius 1 is 1.00 bits per heavy atom. The summed E-state index contributed by atoms with van der Waals surface area (Å²) >= 11 is 0. The summed E-state index contributed by atoms with van der Waals surface area (Å²) in [7, 11) is -4.77. The molecule has 2 rings (SSSR count). The van der Waals surface area contributed by atoms with Crippen LogP contribution in [-0.4, -0.2) is 44.6 Å². The number of hydrogen-bond donors (Lipinski definition) is 2. The maximum Gasteiger partial charge on any atom is 0.341 e. The van der Waals surface area contributed by atoms with Crippen molar-refractivity contribution in [1.82, 2.24) is 5.32 Å². The van der Waals surface area contributed by atoms with E-state index in [1.165, 1.54) is 18.2 Å². The fourth-order valence-corrected chi connectivity index (χ4v) is 3.34. The summed E-state index contributed by atoms with van der Waals surface area (Å²) in [6, 6.07) is 8.04. The SMILES string of the molecule is CC(C)[C@H](NC(=O)c1ccccc1F)C(=O)OCC(=O)Nc1ccc(S(=O)(=O)C(F)F)cc1. The molecule has 0 aromatic heterocycles.